The van der Waals surface area contributed by atoms with Gasteiger partial charge >= 0.3 is 5.97 Å². The summed E-state index contributed by atoms with van der Waals surface area (Å²) in [5.74, 6) is -0.867. The molecule has 4 nitrogen and oxygen atoms in total. The minimum absolute atomic E-state index is 0.157. The summed E-state index contributed by atoms with van der Waals surface area (Å²) in [5.41, 5.74) is -0.714. The molecule has 0 aromatic rings. The molecule has 0 saturated heterocycles. The minimum atomic E-state index is -2.53. The van der Waals surface area contributed by atoms with Crippen LogP contribution in [0.4, 0.5) is 0 Å². The lowest BCUT2D eigenvalue weighted by atomic mass is 10.2. The second kappa shape index (κ2) is 6.98. The summed E-state index contributed by atoms with van der Waals surface area (Å²) < 4.78 is 19.9. The predicted molar refractivity (Wildman–Crippen MR) is 70.6 cm³/mol. The van der Waals surface area contributed by atoms with Crippen molar-refractivity contribution in [3.63, 3.8) is 0 Å². The molecule has 0 aliphatic heterocycles. The Labute approximate surface area is 113 Å². The Morgan fingerprint density at radius 1 is 1.29 bits per heavy atom. The van der Waals surface area contributed by atoms with E-state index in [0.29, 0.717) is 6.61 Å². The fourth-order valence-electron chi connectivity index (χ4n) is 0.922. The molecule has 0 heterocycles. The van der Waals surface area contributed by atoms with Gasteiger partial charge in [0, 0.05) is 12.8 Å². The van der Waals surface area contributed by atoms with E-state index < -0.39 is 23.4 Å². The molecule has 1 unspecified atom stereocenters. The lowest BCUT2D eigenvalue weighted by molar-refractivity contribution is -0.153. The molecule has 102 valence electrons. The van der Waals surface area contributed by atoms with Crippen molar-refractivity contribution in [1.82, 2.24) is 0 Å². The van der Waals surface area contributed by atoms with Crippen molar-refractivity contribution in [1.29, 1.82) is 0 Å². The Bertz CT molecular complexity index is 287. The molecule has 1 atom stereocenters. The van der Waals surface area contributed by atoms with Crippen molar-refractivity contribution in [2.24, 2.45) is 0 Å². The highest BCUT2D eigenvalue weighted by Crippen LogP contribution is 2.47. The molecule has 0 rings (SSSR count). The van der Waals surface area contributed by atoms with E-state index in [2.05, 4.69) is 0 Å². The van der Waals surface area contributed by atoms with Gasteiger partial charge in [0.15, 0.2) is 0 Å². The molecule has 0 radical (unpaired) electrons. The number of esters is 1. The first-order valence-corrected chi connectivity index (χ1v) is 7.70. The Balaban J connectivity index is 4.44. The molecular formula is C10H19Cl2O4P. The SMILES string of the molecule is CCOCC[PH](=O)C(Cl)(Cl)C(=O)OC(C)(C)C. The van der Waals surface area contributed by atoms with Crippen LogP contribution in [-0.4, -0.2) is 35.0 Å². The lowest BCUT2D eigenvalue weighted by Gasteiger charge is -2.25. The van der Waals surface area contributed by atoms with Gasteiger partial charge in [0.05, 0.1) is 6.61 Å². The first kappa shape index (κ1) is 17.2. The zero-order chi connectivity index (χ0) is 13.7. The van der Waals surface area contributed by atoms with Gasteiger partial charge in [0.1, 0.15) is 13.4 Å². The Kier molecular flexibility index (Phi) is 7.08. The summed E-state index contributed by atoms with van der Waals surface area (Å²) in [6.07, 6.45) is 0.157. The smallest absolute Gasteiger partial charge is 0.350 e. The van der Waals surface area contributed by atoms with Crippen LogP contribution in [0.5, 0.6) is 0 Å². The van der Waals surface area contributed by atoms with Gasteiger partial charge in [-0.05, 0) is 27.7 Å². The Morgan fingerprint density at radius 2 is 1.82 bits per heavy atom. The fourth-order valence-corrected chi connectivity index (χ4v) is 2.49. The summed E-state index contributed by atoms with van der Waals surface area (Å²) >= 11 is 11.6. The molecule has 0 fully saturated rings. The third-order valence-corrected chi connectivity index (χ3v) is 4.82. The van der Waals surface area contributed by atoms with Gasteiger partial charge in [0.2, 0.25) is 0 Å². The molecule has 0 aliphatic rings. The number of rotatable bonds is 6. The van der Waals surface area contributed by atoms with E-state index in [1.54, 1.807) is 20.8 Å². The molecule has 0 bridgehead atoms. The average Bonchev–Trinajstić information content (AvgIpc) is 2.15. The number of carbonyl (C=O) groups is 1. The summed E-state index contributed by atoms with van der Waals surface area (Å²) in [6.45, 7) is 7.65. The summed E-state index contributed by atoms with van der Waals surface area (Å²) in [6, 6.07) is 0. The van der Waals surface area contributed by atoms with Crippen LogP contribution in [0.15, 0.2) is 0 Å². The van der Waals surface area contributed by atoms with E-state index in [0.717, 1.165) is 0 Å². The van der Waals surface area contributed by atoms with Crippen molar-refractivity contribution < 1.29 is 18.8 Å². The summed E-state index contributed by atoms with van der Waals surface area (Å²) in [7, 11) is -2.53. The number of carbonyl (C=O) groups excluding carboxylic acids is 1. The molecular weight excluding hydrogens is 286 g/mol. The van der Waals surface area contributed by atoms with Crippen molar-refractivity contribution in [2.75, 3.05) is 19.4 Å². The van der Waals surface area contributed by atoms with Crippen LogP contribution in [0, 0.1) is 0 Å². The number of halogens is 2. The van der Waals surface area contributed by atoms with Crippen LogP contribution in [0.25, 0.3) is 0 Å². The van der Waals surface area contributed by atoms with Gasteiger partial charge in [-0.25, -0.2) is 4.79 Å². The fraction of sp³-hybridized carbons (Fsp3) is 0.900. The van der Waals surface area contributed by atoms with Crippen LogP contribution >= 0.6 is 31.0 Å². The Hall–Kier alpha value is 0.240. The topological polar surface area (TPSA) is 52.6 Å². The monoisotopic (exact) mass is 304 g/mol. The van der Waals surface area contributed by atoms with E-state index >= 15 is 0 Å². The van der Waals surface area contributed by atoms with Crippen molar-refractivity contribution in [2.45, 2.75) is 37.4 Å². The van der Waals surface area contributed by atoms with Gasteiger partial charge in [-0.15, -0.1) is 0 Å². The lowest BCUT2D eigenvalue weighted by Crippen LogP contribution is -2.33. The quantitative estimate of drug-likeness (QED) is 0.327. The largest absolute Gasteiger partial charge is 0.457 e. The normalized spacial score (nSPS) is 14.5. The predicted octanol–water partition coefficient (Wildman–Crippen LogP) is 3.06. The molecule has 7 heteroatoms. The number of ether oxygens (including phenoxy) is 2. The van der Waals surface area contributed by atoms with E-state index in [-0.39, 0.29) is 12.8 Å². The van der Waals surface area contributed by atoms with Gasteiger partial charge in [0.25, 0.3) is 4.07 Å². The Morgan fingerprint density at radius 3 is 2.24 bits per heavy atom. The number of hydrogen-bond donors (Lipinski definition) is 0. The van der Waals surface area contributed by atoms with E-state index in [1.165, 1.54) is 0 Å². The standard InChI is InChI=1S/C10H19Cl2O4P/c1-5-15-6-7-17(14)10(11,12)8(13)16-9(2,3)4/h17H,5-7H2,1-4H3. The number of alkyl halides is 2. The van der Waals surface area contributed by atoms with E-state index in [4.69, 9.17) is 32.7 Å². The molecule has 17 heavy (non-hydrogen) atoms. The number of hydrogen-bond acceptors (Lipinski definition) is 4. The third-order valence-electron chi connectivity index (χ3n) is 1.68. The van der Waals surface area contributed by atoms with Crippen LogP contribution in [0.3, 0.4) is 0 Å². The highest BCUT2D eigenvalue weighted by Gasteiger charge is 2.43. The molecule has 0 N–H and O–H groups in total. The molecule has 0 spiro atoms. The molecule has 0 amide bonds. The van der Waals surface area contributed by atoms with Crippen LogP contribution in [-0.2, 0) is 18.8 Å². The van der Waals surface area contributed by atoms with Gasteiger partial charge in [-0.1, -0.05) is 23.2 Å². The first-order chi connectivity index (χ1) is 7.61. The second-order valence-electron chi connectivity index (χ2n) is 4.45. The zero-order valence-corrected chi connectivity index (χ0v) is 13.0. The maximum atomic E-state index is 11.8. The average molecular weight is 305 g/mol. The van der Waals surface area contributed by atoms with Gasteiger partial charge < -0.3 is 14.0 Å². The van der Waals surface area contributed by atoms with Crippen LogP contribution in [0.1, 0.15) is 27.7 Å². The van der Waals surface area contributed by atoms with E-state index in [9.17, 15) is 9.36 Å². The highest BCUT2D eigenvalue weighted by atomic mass is 35.5. The maximum Gasteiger partial charge on any atom is 0.350 e. The summed E-state index contributed by atoms with van der Waals surface area (Å²) in [4.78, 5) is 11.7. The highest BCUT2D eigenvalue weighted by molar-refractivity contribution is 7.53. The maximum absolute atomic E-state index is 11.8. The molecule has 0 aromatic heterocycles. The van der Waals surface area contributed by atoms with Crippen molar-refractivity contribution >= 4 is 37.0 Å². The van der Waals surface area contributed by atoms with Crippen molar-refractivity contribution in [3.05, 3.63) is 0 Å². The van der Waals surface area contributed by atoms with E-state index in [1.807, 2.05) is 6.92 Å². The molecule has 0 aliphatic carbocycles. The zero-order valence-electron chi connectivity index (χ0n) is 10.5. The van der Waals surface area contributed by atoms with Crippen LogP contribution in [0.2, 0.25) is 0 Å². The minimum Gasteiger partial charge on any atom is -0.457 e. The van der Waals surface area contributed by atoms with Gasteiger partial charge in [-0.3, -0.25) is 0 Å². The first-order valence-electron chi connectivity index (χ1n) is 5.33. The summed E-state index contributed by atoms with van der Waals surface area (Å²) in [5, 5.41) is 0. The van der Waals surface area contributed by atoms with Gasteiger partial charge in [-0.2, -0.15) is 0 Å². The second-order valence-corrected chi connectivity index (χ2v) is 8.50. The van der Waals surface area contributed by atoms with Crippen molar-refractivity contribution in [3.8, 4) is 0 Å². The molecule has 0 saturated carbocycles. The van der Waals surface area contributed by atoms with Crippen LogP contribution < -0.4 is 0 Å². The molecule has 0 aromatic carbocycles. The third kappa shape index (κ3) is 6.66.